The topological polar surface area (TPSA) is 46.2 Å². The lowest BCUT2D eigenvalue weighted by Crippen LogP contribution is -2.29. The highest BCUT2D eigenvalue weighted by Gasteiger charge is 2.15. The largest absolute Gasteiger partial charge is 0.240 e. The lowest BCUT2D eigenvalue weighted by molar-refractivity contribution is 0.481. The quantitative estimate of drug-likeness (QED) is 0.786. The summed E-state index contributed by atoms with van der Waals surface area (Å²) < 4.78 is 26.6. The molecule has 1 aromatic carbocycles. The normalized spacial score (nSPS) is 13.5. The van der Waals surface area contributed by atoms with Crippen LogP contribution in [0.3, 0.4) is 0 Å². The summed E-state index contributed by atoms with van der Waals surface area (Å²) in [4.78, 5) is 0.229. The molecule has 1 atom stereocenters. The fourth-order valence-electron chi connectivity index (χ4n) is 1.53. The van der Waals surface area contributed by atoms with Crippen molar-refractivity contribution in [1.29, 1.82) is 0 Å². The van der Waals surface area contributed by atoms with Crippen molar-refractivity contribution in [2.24, 2.45) is 5.92 Å². The zero-order chi connectivity index (χ0) is 13.6. The number of halogens is 2. The van der Waals surface area contributed by atoms with Gasteiger partial charge in [-0.15, -0.1) is 11.6 Å². The van der Waals surface area contributed by atoms with Crippen LogP contribution in [-0.4, -0.2) is 20.8 Å². The van der Waals surface area contributed by atoms with Gasteiger partial charge in [0.2, 0.25) is 10.0 Å². The maximum absolute atomic E-state index is 12.0. The molecule has 0 radical (unpaired) electrons. The molecule has 0 saturated carbocycles. The minimum Gasteiger partial charge on any atom is -0.211 e. The average molecular weight is 310 g/mol. The van der Waals surface area contributed by atoms with Crippen LogP contribution >= 0.6 is 23.2 Å². The van der Waals surface area contributed by atoms with E-state index in [0.717, 1.165) is 12.8 Å². The monoisotopic (exact) mass is 309 g/mol. The Hall–Kier alpha value is -0.290. The number of nitrogens with one attached hydrogen (secondary N) is 1. The first kappa shape index (κ1) is 15.8. The third-order valence-corrected chi connectivity index (χ3v) is 4.69. The number of hydrogen-bond acceptors (Lipinski definition) is 2. The summed E-state index contributed by atoms with van der Waals surface area (Å²) in [5, 5.41) is 0.516. The lowest BCUT2D eigenvalue weighted by atomic mass is 10.0. The molecule has 0 spiro atoms. The molecular formula is C12H17Cl2NO2S. The number of alkyl halides is 1. The van der Waals surface area contributed by atoms with E-state index in [-0.39, 0.29) is 10.8 Å². The van der Waals surface area contributed by atoms with Crippen LogP contribution in [0.1, 0.15) is 19.8 Å². The van der Waals surface area contributed by atoms with Crippen LogP contribution in [0.2, 0.25) is 5.02 Å². The van der Waals surface area contributed by atoms with Gasteiger partial charge in [0.1, 0.15) is 0 Å². The van der Waals surface area contributed by atoms with Crippen LogP contribution < -0.4 is 4.72 Å². The van der Waals surface area contributed by atoms with Crippen molar-refractivity contribution >= 4 is 33.2 Å². The third-order valence-electron chi connectivity index (χ3n) is 2.78. The molecule has 1 N–H and O–H groups in total. The van der Waals surface area contributed by atoms with Crippen LogP contribution in [-0.2, 0) is 10.0 Å². The molecule has 3 nitrogen and oxygen atoms in total. The minimum atomic E-state index is -3.45. The average Bonchev–Trinajstić information content (AvgIpc) is 2.35. The molecule has 0 heterocycles. The van der Waals surface area contributed by atoms with Crippen LogP contribution in [0.5, 0.6) is 0 Å². The zero-order valence-electron chi connectivity index (χ0n) is 10.2. The molecule has 1 rings (SSSR count). The molecule has 0 fully saturated rings. The van der Waals surface area contributed by atoms with Gasteiger partial charge in [-0.05, 0) is 36.6 Å². The molecule has 0 amide bonds. The molecular weight excluding hydrogens is 293 g/mol. The SMILES string of the molecule is CCC(CCCl)CNS(=O)(=O)c1ccc(Cl)cc1. The van der Waals surface area contributed by atoms with Gasteiger partial charge in [-0.25, -0.2) is 13.1 Å². The Kier molecular flexibility index (Phi) is 6.43. The van der Waals surface area contributed by atoms with Crippen molar-refractivity contribution in [3.63, 3.8) is 0 Å². The number of rotatable bonds is 7. The highest BCUT2D eigenvalue weighted by Crippen LogP contribution is 2.15. The molecule has 0 aliphatic heterocycles. The fourth-order valence-corrected chi connectivity index (χ4v) is 3.08. The van der Waals surface area contributed by atoms with E-state index in [1.54, 1.807) is 12.1 Å². The Balaban J connectivity index is 2.67. The standard InChI is InChI=1S/C12H17Cl2NO2S/c1-2-10(7-8-13)9-15-18(16,17)12-5-3-11(14)4-6-12/h3-6,10,15H,2,7-9H2,1H3. The minimum absolute atomic E-state index is 0.229. The summed E-state index contributed by atoms with van der Waals surface area (Å²) in [6.45, 7) is 2.43. The summed E-state index contributed by atoms with van der Waals surface area (Å²) in [7, 11) is -3.45. The highest BCUT2D eigenvalue weighted by molar-refractivity contribution is 7.89. The summed E-state index contributed by atoms with van der Waals surface area (Å²) in [6, 6.07) is 6.11. The Labute approximate surface area is 119 Å². The molecule has 1 unspecified atom stereocenters. The van der Waals surface area contributed by atoms with E-state index in [2.05, 4.69) is 4.72 Å². The Morgan fingerprint density at radius 1 is 1.28 bits per heavy atom. The maximum Gasteiger partial charge on any atom is 0.240 e. The molecule has 102 valence electrons. The van der Waals surface area contributed by atoms with Crippen molar-refractivity contribution < 1.29 is 8.42 Å². The number of sulfonamides is 1. The summed E-state index contributed by atoms with van der Waals surface area (Å²) in [5.74, 6) is 0.811. The number of benzene rings is 1. The van der Waals surface area contributed by atoms with E-state index in [1.807, 2.05) is 6.92 Å². The molecule has 1 aromatic rings. The zero-order valence-corrected chi connectivity index (χ0v) is 12.5. The van der Waals surface area contributed by atoms with Gasteiger partial charge in [-0.3, -0.25) is 0 Å². The molecule has 0 aromatic heterocycles. The Morgan fingerprint density at radius 3 is 2.39 bits per heavy atom. The summed E-state index contributed by atoms with van der Waals surface area (Å²) >= 11 is 11.4. The van der Waals surface area contributed by atoms with E-state index in [0.29, 0.717) is 17.4 Å². The van der Waals surface area contributed by atoms with E-state index >= 15 is 0 Å². The second kappa shape index (κ2) is 7.34. The van der Waals surface area contributed by atoms with Gasteiger partial charge in [0, 0.05) is 17.4 Å². The van der Waals surface area contributed by atoms with Crippen molar-refractivity contribution in [2.75, 3.05) is 12.4 Å². The van der Waals surface area contributed by atoms with Crippen LogP contribution in [0.4, 0.5) is 0 Å². The van der Waals surface area contributed by atoms with E-state index < -0.39 is 10.0 Å². The second-order valence-corrected chi connectivity index (χ2v) is 6.64. The fraction of sp³-hybridized carbons (Fsp3) is 0.500. The predicted molar refractivity (Wildman–Crippen MR) is 75.8 cm³/mol. The van der Waals surface area contributed by atoms with Gasteiger partial charge in [0.25, 0.3) is 0 Å². The first-order valence-corrected chi connectivity index (χ1v) is 8.20. The van der Waals surface area contributed by atoms with E-state index in [1.165, 1.54) is 12.1 Å². The van der Waals surface area contributed by atoms with Gasteiger partial charge in [-0.2, -0.15) is 0 Å². The van der Waals surface area contributed by atoms with E-state index in [9.17, 15) is 8.42 Å². The Morgan fingerprint density at radius 2 is 1.89 bits per heavy atom. The summed E-state index contributed by atoms with van der Waals surface area (Å²) in [5.41, 5.74) is 0. The van der Waals surface area contributed by atoms with Crippen LogP contribution in [0, 0.1) is 5.92 Å². The van der Waals surface area contributed by atoms with Gasteiger partial charge in [0.15, 0.2) is 0 Å². The maximum atomic E-state index is 12.0. The van der Waals surface area contributed by atoms with Gasteiger partial charge in [0.05, 0.1) is 4.90 Å². The van der Waals surface area contributed by atoms with Gasteiger partial charge < -0.3 is 0 Å². The second-order valence-electron chi connectivity index (χ2n) is 4.06. The highest BCUT2D eigenvalue weighted by atomic mass is 35.5. The smallest absolute Gasteiger partial charge is 0.211 e. The molecule has 0 saturated heterocycles. The van der Waals surface area contributed by atoms with Crippen LogP contribution in [0.25, 0.3) is 0 Å². The first-order valence-electron chi connectivity index (χ1n) is 5.80. The molecule has 18 heavy (non-hydrogen) atoms. The first-order chi connectivity index (χ1) is 8.49. The Bertz CT molecular complexity index is 459. The van der Waals surface area contributed by atoms with Crippen molar-refractivity contribution in [3.8, 4) is 0 Å². The van der Waals surface area contributed by atoms with E-state index in [4.69, 9.17) is 23.2 Å². The van der Waals surface area contributed by atoms with Gasteiger partial charge in [-0.1, -0.05) is 24.9 Å². The van der Waals surface area contributed by atoms with Gasteiger partial charge >= 0.3 is 0 Å². The van der Waals surface area contributed by atoms with Crippen molar-refractivity contribution in [1.82, 2.24) is 4.72 Å². The third kappa shape index (κ3) is 4.76. The van der Waals surface area contributed by atoms with Crippen LogP contribution in [0.15, 0.2) is 29.2 Å². The molecule has 6 heteroatoms. The molecule has 0 aliphatic carbocycles. The number of hydrogen-bond donors (Lipinski definition) is 1. The molecule has 0 bridgehead atoms. The van der Waals surface area contributed by atoms with Crippen molar-refractivity contribution in [3.05, 3.63) is 29.3 Å². The lowest BCUT2D eigenvalue weighted by Gasteiger charge is -2.14. The predicted octanol–water partition coefficient (Wildman–Crippen LogP) is 3.27. The molecule has 0 aliphatic rings. The van der Waals surface area contributed by atoms with Crippen molar-refractivity contribution in [2.45, 2.75) is 24.7 Å². The summed E-state index contributed by atoms with van der Waals surface area (Å²) in [6.07, 6.45) is 1.71.